The van der Waals surface area contributed by atoms with E-state index in [9.17, 15) is 0 Å². The highest BCUT2D eigenvalue weighted by Crippen LogP contribution is 2.20. The minimum Gasteiger partial charge on any atom is -0.201 e. The van der Waals surface area contributed by atoms with Gasteiger partial charge in [0.05, 0.1) is 0 Å². The summed E-state index contributed by atoms with van der Waals surface area (Å²) in [5.41, 5.74) is 3.90. The number of nitrogens with zero attached hydrogens (tertiary/aromatic N) is 1. The first kappa shape index (κ1) is 11.2. The summed E-state index contributed by atoms with van der Waals surface area (Å²) in [5, 5.41) is 4.29. The molecule has 1 aromatic carbocycles. The van der Waals surface area contributed by atoms with Crippen LogP contribution in [0, 0.1) is 0 Å². The lowest BCUT2D eigenvalue weighted by molar-refractivity contribution is -0.688. The van der Waals surface area contributed by atoms with Crippen molar-refractivity contribution in [2.24, 2.45) is 0 Å². The van der Waals surface area contributed by atoms with Gasteiger partial charge in [0.15, 0.2) is 18.9 Å². The number of pyridine rings is 1. The normalized spacial score (nSPS) is 10.4. The van der Waals surface area contributed by atoms with Crippen molar-refractivity contribution in [2.75, 3.05) is 0 Å². The van der Waals surface area contributed by atoms with Gasteiger partial charge in [-0.25, -0.2) is 4.57 Å². The summed E-state index contributed by atoms with van der Waals surface area (Å²) in [6.07, 6.45) is 4.28. The topological polar surface area (TPSA) is 3.88 Å². The van der Waals surface area contributed by atoms with E-state index in [1.165, 1.54) is 16.7 Å². The molecule has 0 unspecified atom stereocenters. The fourth-order valence-corrected chi connectivity index (χ4v) is 2.64. The summed E-state index contributed by atoms with van der Waals surface area (Å²) in [6.45, 7) is 0.921. The zero-order valence-electron chi connectivity index (χ0n) is 9.99. The van der Waals surface area contributed by atoms with Gasteiger partial charge in [-0.05, 0) is 28.0 Å². The minimum atomic E-state index is 0.921. The van der Waals surface area contributed by atoms with E-state index in [1.54, 1.807) is 11.3 Å². The minimum absolute atomic E-state index is 0.921. The van der Waals surface area contributed by atoms with Gasteiger partial charge in [0.2, 0.25) is 0 Å². The molecule has 2 aromatic heterocycles. The van der Waals surface area contributed by atoms with E-state index in [1.807, 2.05) is 6.07 Å². The maximum Gasteiger partial charge on any atom is 0.173 e. The lowest BCUT2D eigenvalue weighted by Crippen LogP contribution is -2.32. The smallest absolute Gasteiger partial charge is 0.173 e. The highest BCUT2D eigenvalue weighted by molar-refractivity contribution is 7.08. The van der Waals surface area contributed by atoms with Crippen LogP contribution in [-0.4, -0.2) is 0 Å². The van der Waals surface area contributed by atoms with Crippen molar-refractivity contribution in [2.45, 2.75) is 6.54 Å². The second-order valence-electron chi connectivity index (χ2n) is 4.26. The van der Waals surface area contributed by atoms with Crippen molar-refractivity contribution in [1.29, 1.82) is 0 Å². The van der Waals surface area contributed by atoms with Gasteiger partial charge >= 0.3 is 0 Å². The Morgan fingerprint density at radius 3 is 2.28 bits per heavy atom. The SMILES string of the molecule is c1ccc(C[n+]2ccc(-c3ccsc3)cc2)cc1. The zero-order chi connectivity index (χ0) is 12.2. The van der Waals surface area contributed by atoms with E-state index < -0.39 is 0 Å². The van der Waals surface area contributed by atoms with Crippen LogP contribution in [0.4, 0.5) is 0 Å². The molecule has 18 heavy (non-hydrogen) atoms. The molecule has 0 bridgehead atoms. The molecule has 2 heterocycles. The maximum absolute atomic E-state index is 2.20. The van der Waals surface area contributed by atoms with Crippen molar-refractivity contribution in [1.82, 2.24) is 0 Å². The molecule has 3 rings (SSSR count). The van der Waals surface area contributed by atoms with Gasteiger partial charge in [0.1, 0.15) is 0 Å². The summed E-state index contributed by atoms with van der Waals surface area (Å²) in [7, 11) is 0. The number of hydrogen-bond acceptors (Lipinski definition) is 1. The van der Waals surface area contributed by atoms with Crippen molar-refractivity contribution >= 4 is 11.3 Å². The second-order valence-corrected chi connectivity index (χ2v) is 5.04. The molecule has 0 radical (unpaired) electrons. The first-order valence-electron chi connectivity index (χ1n) is 5.97. The molecule has 0 amide bonds. The number of thiophene rings is 1. The molecular formula is C16H14NS+. The van der Waals surface area contributed by atoms with E-state index in [4.69, 9.17) is 0 Å². The van der Waals surface area contributed by atoms with Crippen LogP contribution in [-0.2, 0) is 6.54 Å². The van der Waals surface area contributed by atoms with Gasteiger partial charge in [-0.2, -0.15) is 11.3 Å². The van der Waals surface area contributed by atoms with Crippen LogP contribution >= 0.6 is 11.3 Å². The van der Waals surface area contributed by atoms with Crippen LogP contribution in [0.25, 0.3) is 11.1 Å². The monoisotopic (exact) mass is 252 g/mol. The predicted octanol–water partition coefficient (Wildman–Crippen LogP) is 3.75. The lowest BCUT2D eigenvalue weighted by atomic mass is 10.1. The van der Waals surface area contributed by atoms with Gasteiger partial charge in [0, 0.05) is 17.7 Å². The Morgan fingerprint density at radius 2 is 1.61 bits per heavy atom. The van der Waals surface area contributed by atoms with Crippen LogP contribution in [0.1, 0.15) is 5.56 Å². The lowest BCUT2D eigenvalue weighted by Gasteiger charge is -1.99. The highest BCUT2D eigenvalue weighted by Gasteiger charge is 2.03. The third-order valence-electron chi connectivity index (χ3n) is 2.95. The van der Waals surface area contributed by atoms with E-state index in [0.29, 0.717) is 0 Å². The van der Waals surface area contributed by atoms with Gasteiger partial charge in [-0.3, -0.25) is 0 Å². The average molecular weight is 252 g/mol. The van der Waals surface area contributed by atoms with Crippen molar-refractivity contribution < 1.29 is 4.57 Å². The summed E-state index contributed by atoms with van der Waals surface area (Å²) in [4.78, 5) is 0. The molecule has 0 aliphatic carbocycles. The maximum atomic E-state index is 2.20. The number of rotatable bonds is 3. The van der Waals surface area contributed by atoms with Gasteiger partial charge < -0.3 is 0 Å². The number of aromatic nitrogens is 1. The van der Waals surface area contributed by atoms with Crippen molar-refractivity contribution in [3.63, 3.8) is 0 Å². The average Bonchev–Trinajstić information content (AvgIpc) is 2.95. The molecule has 88 valence electrons. The number of benzene rings is 1. The van der Waals surface area contributed by atoms with E-state index in [2.05, 4.69) is 70.2 Å². The zero-order valence-corrected chi connectivity index (χ0v) is 10.8. The van der Waals surface area contributed by atoms with E-state index in [0.717, 1.165) is 6.54 Å². The fourth-order valence-electron chi connectivity index (χ4n) is 1.98. The molecule has 1 nitrogen and oxygen atoms in total. The molecule has 0 N–H and O–H groups in total. The van der Waals surface area contributed by atoms with Crippen molar-refractivity contribution in [3.8, 4) is 11.1 Å². The highest BCUT2D eigenvalue weighted by atomic mass is 32.1. The Bertz CT molecular complexity index is 597. The Kier molecular flexibility index (Phi) is 3.20. The molecule has 0 saturated heterocycles. The molecule has 0 fully saturated rings. The Balaban J connectivity index is 1.80. The molecule has 0 saturated carbocycles. The first-order valence-corrected chi connectivity index (χ1v) is 6.92. The predicted molar refractivity (Wildman–Crippen MR) is 75.5 cm³/mol. The van der Waals surface area contributed by atoms with Crippen LogP contribution in [0.2, 0.25) is 0 Å². The van der Waals surface area contributed by atoms with Crippen LogP contribution in [0.15, 0.2) is 71.7 Å². The summed E-state index contributed by atoms with van der Waals surface area (Å²) < 4.78 is 2.20. The molecule has 0 atom stereocenters. The quantitative estimate of drug-likeness (QED) is 0.625. The Hall–Kier alpha value is -1.93. The third kappa shape index (κ3) is 2.49. The largest absolute Gasteiger partial charge is 0.201 e. The molecule has 0 spiro atoms. The van der Waals surface area contributed by atoms with E-state index in [-0.39, 0.29) is 0 Å². The first-order chi connectivity index (χ1) is 8.92. The molecule has 0 aliphatic heterocycles. The summed E-state index contributed by atoms with van der Waals surface area (Å²) >= 11 is 1.73. The van der Waals surface area contributed by atoms with Crippen LogP contribution in [0.3, 0.4) is 0 Å². The molecule has 0 aliphatic rings. The molecule has 3 aromatic rings. The van der Waals surface area contributed by atoms with E-state index >= 15 is 0 Å². The number of hydrogen-bond donors (Lipinski definition) is 0. The molecule has 2 heteroatoms. The second kappa shape index (κ2) is 5.15. The molecular weight excluding hydrogens is 238 g/mol. The fraction of sp³-hybridized carbons (Fsp3) is 0.0625. The Morgan fingerprint density at radius 1 is 0.833 bits per heavy atom. The summed E-state index contributed by atoms with van der Waals surface area (Å²) in [6, 6.07) is 17.0. The van der Waals surface area contributed by atoms with Crippen LogP contribution in [0.5, 0.6) is 0 Å². The van der Waals surface area contributed by atoms with Crippen LogP contribution < -0.4 is 4.57 Å². The van der Waals surface area contributed by atoms with Gasteiger partial charge in [0.25, 0.3) is 0 Å². The van der Waals surface area contributed by atoms with Gasteiger partial charge in [-0.1, -0.05) is 30.3 Å². The Labute approximate surface area is 111 Å². The standard InChI is InChI=1S/C16H14NS/c1-2-4-14(5-3-1)12-17-9-6-15(7-10-17)16-8-11-18-13-16/h1-11,13H,12H2/q+1. The third-order valence-corrected chi connectivity index (χ3v) is 3.64. The van der Waals surface area contributed by atoms with Crippen molar-refractivity contribution in [3.05, 3.63) is 77.2 Å². The summed E-state index contributed by atoms with van der Waals surface area (Å²) in [5.74, 6) is 0. The van der Waals surface area contributed by atoms with Gasteiger partial charge in [-0.15, -0.1) is 0 Å².